The molecule has 2 aromatic carbocycles. The van der Waals surface area contributed by atoms with Crippen LogP contribution < -0.4 is 10.1 Å². The molecule has 0 aromatic heterocycles. The maximum atomic E-state index is 12.2. The fourth-order valence-corrected chi connectivity index (χ4v) is 3.64. The standard InChI is InChI=1S/C18H14BrN3O5S/c1-2-27-13-5-3-11(4-6-13)20-18-21-17(24)15(28-18)8-10-7-12(22(25)26)9-14(19)16(10)23/h3-9,23H,2H2,1H3,(H,20,21,24). The summed E-state index contributed by atoms with van der Waals surface area (Å²) in [6.07, 6.45) is 1.38. The molecule has 1 amide bonds. The van der Waals surface area contributed by atoms with E-state index in [9.17, 15) is 20.0 Å². The Bertz CT molecular complexity index is 1010. The molecule has 3 rings (SSSR count). The number of benzene rings is 2. The number of halogens is 1. The molecule has 0 atom stereocenters. The number of carbonyl (C=O) groups is 1. The molecule has 28 heavy (non-hydrogen) atoms. The van der Waals surface area contributed by atoms with Gasteiger partial charge in [0.2, 0.25) is 0 Å². The Labute approximate surface area is 172 Å². The number of rotatable bonds is 5. The summed E-state index contributed by atoms with van der Waals surface area (Å²) in [7, 11) is 0. The highest BCUT2D eigenvalue weighted by molar-refractivity contribution is 9.10. The number of thioether (sulfide) groups is 1. The smallest absolute Gasteiger partial charge is 0.271 e. The largest absolute Gasteiger partial charge is 0.506 e. The number of nitrogens with one attached hydrogen (secondary N) is 1. The molecule has 144 valence electrons. The molecular weight excluding hydrogens is 450 g/mol. The van der Waals surface area contributed by atoms with E-state index in [1.807, 2.05) is 6.92 Å². The normalized spacial score (nSPS) is 16.4. The number of nitrogens with zero attached hydrogens (tertiary/aromatic N) is 2. The van der Waals surface area contributed by atoms with Crippen molar-refractivity contribution in [3.63, 3.8) is 0 Å². The van der Waals surface area contributed by atoms with E-state index in [0.717, 1.165) is 17.5 Å². The maximum absolute atomic E-state index is 12.2. The summed E-state index contributed by atoms with van der Waals surface area (Å²) in [5, 5.41) is 24.1. The quantitative estimate of drug-likeness (QED) is 0.386. The summed E-state index contributed by atoms with van der Waals surface area (Å²) >= 11 is 4.15. The lowest BCUT2D eigenvalue weighted by molar-refractivity contribution is -0.385. The fourth-order valence-electron chi connectivity index (χ4n) is 2.34. The molecule has 1 saturated heterocycles. The number of ether oxygens (including phenoxy) is 1. The van der Waals surface area contributed by atoms with Gasteiger partial charge >= 0.3 is 0 Å². The second kappa shape index (κ2) is 8.44. The Hall–Kier alpha value is -2.85. The van der Waals surface area contributed by atoms with Crippen molar-refractivity contribution in [2.24, 2.45) is 4.99 Å². The summed E-state index contributed by atoms with van der Waals surface area (Å²) in [5.74, 6) is 0.127. The molecule has 0 spiro atoms. The lowest BCUT2D eigenvalue weighted by Gasteiger charge is -2.03. The molecule has 2 N–H and O–H groups in total. The highest BCUT2D eigenvalue weighted by Crippen LogP contribution is 2.36. The first-order chi connectivity index (χ1) is 13.4. The van der Waals surface area contributed by atoms with Gasteiger partial charge in [0.05, 0.1) is 26.6 Å². The van der Waals surface area contributed by atoms with Crippen LogP contribution >= 0.6 is 27.7 Å². The van der Waals surface area contributed by atoms with Crippen LogP contribution in [0.3, 0.4) is 0 Å². The lowest BCUT2D eigenvalue weighted by Crippen LogP contribution is -2.19. The van der Waals surface area contributed by atoms with E-state index in [0.29, 0.717) is 17.5 Å². The second-order valence-electron chi connectivity index (χ2n) is 5.53. The van der Waals surface area contributed by atoms with Gasteiger partial charge < -0.3 is 15.2 Å². The van der Waals surface area contributed by atoms with Gasteiger partial charge in [-0.3, -0.25) is 14.9 Å². The molecule has 1 heterocycles. The lowest BCUT2D eigenvalue weighted by atomic mass is 10.1. The van der Waals surface area contributed by atoms with Crippen molar-refractivity contribution in [3.8, 4) is 11.5 Å². The number of phenolic OH excluding ortho intramolecular Hbond substituents is 1. The minimum Gasteiger partial charge on any atom is -0.506 e. The Morgan fingerprint density at radius 3 is 2.71 bits per heavy atom. The van der Waals surface area contributed by atoms with E-state index in [2.05, 4.69) is 26.2 Å². The number of aromatic hydroxyl groups is 1. The molecule has 8 nitrogen and oxygen atoms in total. The SMILES string of the molecule is CCOc1ccc(N=C2NC(=O)C(=Cc3cc([N+](=O)[O-])cc(Br)c3O)S2)cc1. The second-order valence-corrected chi connectivity index (χ2v) is 7.42. The van der Waals surface area contributed by atoms with Gasteiger partial charge in [-0.25, -0.2) is 4.99 Å². The van der Waals surface area contributed by atoms with Gasteiger partial charge in [0.1, 0.15) is 11.5 Å². The molecule has 1 fully saturated rings. The summed E-state index contributed by atoms with van der Waals surface area (Å²) in [6.45, 7) is 2.46. The van der Waals surface area contributed by atoms with Crippen LogP contribution in [0.25, 0.3) is 6.08 Å². The van der Waals surface area contributed by atoms with Gasteiger partial charge in [0, 0.05) is 17.7 Å². The Balaban J connectivity index is 1.85. The third-order valence-electron chi connectivity index (χ3n) is 3.60. The van der Waals surface area contributed by atoms with E-state index >= 15 is 0 Å². The van der Waals surface area contributed by atoms with Crippen LogP contribution in [0.1, 0.15) is 12.5 Å². The Morgan fingerprint density at radius 1 is 1.36 bits per heavy atom. The topological polar surface area (TPSA) is 114 Å². The van der Waals surface area contributed by atoms with Crippen LogP contribution in [-0.2, 0) is 4.79 Å². The third-order valence-corrected chi connectivity index (χ3v) is 5.12. The van der Waals surface area contributed by atoms with Crippen molar-refractivity contribution < 1.29 is 19.6 Å². The van der Waals surface area contributed by atoms with Gasteiger partial charge in [0.15, 0.2) is 5.17 Å². The van der Waals surface area contributed by atoms with Crippen LogP contribution in [-0.4, -0.2) is 27.7 Å². The minimum atomic E-state index is -0.577. The van der Waals surface area contributed by atoms with Gasteiger partial charge in [-0.05, 0) is 65.0 Å². The molecular formula is C18H14BrN3O5S. The average molecular weight is 464 g/mol. The third kappa shape index (κ3) is 4.52. The highest BCUT2D eigenvalue weighted by atomic mass is 79.9. The first-order valence-electron chi connectivity index (χ1n) is 8.06. The van der Waals surface area contributed by atoms with E-state index in [4.69, 9.17) is 4.74 Å². The monoisotopic (exact) mass is 463 g/mol. The van der Waals surface area contributed by atoms with Crippen molar-refractivity contribution in [1.29, 1.82) is 0 Å². The summed E-state index contributed by atoms with van der Waals surface area (Å²) in [4.78, 5) is 27.3. The van der Waals surface area contributed by atoms with Crippen molar-refractivity contribution in [2.75, 3.05) is 6.61 Å². The van der Waals surface area contributed by atoms with Crippen molar-refractivity contribution >= 4 is 56.2 Å². The van der Waals surface area contributed by atoms with Crippen LogP contribution in [0.2, 0.25) is 0 Å². The van der Waals surface area contributed by atoms with Gasteiger partial charge in [-0.2, -0.15) is 0 Å². The van der Waals surface area contributed by atoms with Gasteiger partial charge in [-0.1, -0.05) is 0 Å². The number of aliphatic imine (C=N–C) groups is 1. The predicted molar refractivity (Wildman–Crippen MR) is 111 cm³/mol. The minimum absolute atomic E-state index is 0.154. The number of nitro benzene ring substituents is 1. The number of amides is 1. The zero-order valence-electron chi connectivity index (χ0n) is 14.5. The molecule has 0 aliphatic carbocycles. The van der Waals surface area contributed by atoms with Crippen LogP contribution in [0.4, 0.5) is 11.4 Å². The number of carbonyl (C=O) groups excluding carboxylic acids is 1. The first kappa shape index (κ1) is 19.9. The van der Waals surface area contributed by atoms with Crippen LogP contribution in [0.15, 0.2) is 50.8 Å². The van der Waals surface area contributed by atoms with E-state index in [1.165, 1.54) is 18.2 Å². The molecule has 0 radical (unpaired) electrons. The Kier molecular flexibility index (Phi) is 6.00. The van der Waals surface area contributed by atoms with Crippen LogP contribution in [0, 0.1) is 10.1 Å². The number of phenols is 1. The zero-order valence-corrected chi connectivity index (χ0v) is 16.9. The van der Waals surface area contributed by atoms with Crippen molar-refractivity contribution in [1.82, 2.24) is 5.32 Å². The maximum Gasteiger partial charge on any atom is 0.271 e. The summed E-state index contributed by atoms with van der Waals surface area (Å²) < 4.78 is 5.54. The number of nitro groups is 1. The number of hydrogen-bond acceptors (Lipinski definition) is 7. The molecule has 2 aromatic rings. The average Bonchev–Trinajstić information content (AvgIpc) is 2.99. The summed E-state index contributed by atoms with van der Waals surface area (Å²) in [6, 6.07) is 9.46. The molecule has 0 unspecified atom stereocenters. The molecule has 10 heteroatoms. The van der Waals surface area contributed by atoms with E-state index < -0.39 is 10.8 Å². The number of hydrogen-bond donors (Lipinski definition) is 2. The number of amidine groups is 1. The van der Waals surface area contributed by atoms with Gasteiger partial charge in [-0.15, -0.1) is 0 Å². The summed E-state index contributed by atoms with van der Waals surface area (Å²) in [5.41, 5.74) is 0.581. The predicted octanol–water partition coefficient (Wildman–Crippen LogP) is 4.35. The molecule has 1 aliphatic heterocycles. The molecule has 0 saturated carbocycles. The van der Waals surface area contributed by atoms with E-state index in [-0.39, 0.29) is 26.4 Å². The Morgan fingerprint density at radius 2 is 2.07 bits per heavy atom. The molecule has 0 bridgehead atoms. The fraction of sp³-hybridized carbons (Fsp3) is 0.111. The van der Waals surface area contributed by atoms with E-state index in [1.54, 1.807) is 24.3 Å². The van der Waals surface area contributed by atoms with Crippen molar-refractivity contribution in [2.45, 2.75) is 6.92 Å². The first-order valence-corrected chi connectivity index (χ1v) is 9.67. The zero-order chi connectivity index (χ0) is 20.3. The van der Waals surface area contributed by atoms with Crippen molar-refractivity contribution in [3.05, 3.63) is 61.5 Å². The number of non-ortho nitro benzene ring substituents is 1. The molecule has 1 aliphatic rings. The highest BCUT2D eigenvalue weighted by Gasteiger charge is 2.25. The van der Waals surface area contributed by atoms with Crippen LogP contribution in [0.5, 0.6) is 11.5 Å². The van der Waals surface area contributed by atoms with Gasteiger partial charge in [0.25, 0.3) is 11.6 Å².